The Morgan fingerprint density at radius 1 is 1.12 bits per heavy atom. The molecule has 2 rings (SSSR count). The molecule has 0 saturated heterocycles. The van der Waals surface area contributed by atoms with Crippen molar-refractivity contribution in [3.8, 4) is 0 Å². The van der Waals surface area contributed by atoms with E-state index < -0.39 is 47.1 Å². The molecule has 0 radical (unpaired) electrons. The van der Waals surface area contributed by atoms with Gasteiger partial charge in [0.1, 0.15) is 5.54 Å². The molecule has 2 aliphatic carbocycles. The second-order valence-corrected chi connectivity index (χ2v) is 4.46. The first kappa shape index (κ1) is 10.9. The van der Waals surface area contributed by atoms with Crippen LogP contribution in [0.1, 0.15) is 6.42 Å². The first-order valence-electron chi connectivity index (χ1n) is 4.78. The third kappa shape index (κ3) is 1.15. The Balaban J connectivity index is 2.32. The molecule has 2 aliphatic rings. The van der Waals surface area contributed by atoms with Gasteiger partial charge in [-0.05, 0) is 12.3 Å². The van der Waals surface area contributed by atoms with Crippen molar-refractivity contribution in [3.63, 3.8) is 0 Å². The number of nitrogens with two attached hydrogens (primary N) is 1. The molecule has 0 bridgehead atoms. The summed E-state index contributed by atoms with van der Waals surface area (Å²) in [5, 5.41) is 26.7. The lowest BCUT2D eigenvalue weighted by molar-refractivity contribution is -0.147. The van der Waals surface area contributed by atoms with Crippen molar-refractivity contribution < 1.29 is 29.7 Å². The summed E-state index contributed by atoms with van der Waals surface area (Å²) in [6, 6.07) is 0. The highest BCUT2D eigenvalue weighted by Gasteiger charge is 2.75. The van der Waals surface area contributed by atoms with Crippen LogP contribution in [-0.4, -0.2) is 38.8 Å². The molecule has 16 heavy (non-hydrogen) atoms. The first-order valence-corrected chi connectivity index (χ1v) is 4.78. The van der Waals surface area contributed by atoms with Crippen LogP contribution in [-0.2, 0) is 14.4 Å². The van der Waals surface area contributed by atoms with Crippen molar-refractivity contribution in [2.45, 2.75) is 12.0 Å². The second kappa shape index (κ2) is 2.94. The van der Waals surface area contributed by atoms with Gasteiger partial charge in [0.2, 0.25) is 0 Å². The standard InChI is InChI=1S/C9H11NO6/c10-9(8(15)16)1-2(6(11)12)3-4(5(3)9)7(13)14/h2-5H,1,10H2,(H,11,12)(H,13,14)(H,15,16)/t2-,3+,4+,5-,9+/m0/s1. The second-order valence-electron chi connectivity index (χ2n) is 4.46. The molecule has 0 amide bonds. The molecule has 0 aromatic heterocycles. The van der Waals surface area contributed by atoms with E-state index in [1.165, 1.54) is 0 Å². The largest absolute Gasteiger partial charge is 0.481 e. The van der Waals surface area contributed by atoms with Gasteiger partial charge in [-0.2, -0.15) is 0 Å². The van der Waals surface area contributed by atoms with Crippen LogP contribution in [0.25, 0.3) is 0 Å². The van der Waals surface area contributed by atoms with Crippen molar-refractivity contribution >= 4 is 17.9 Å². The average Bonchev–Trinajstić information content (AvgIpc) is 2.81. The van der Waals surface area contributed by atoms with Gasteiger partial charge in [-0.25, -0.2) is 0 Å². The van der Waals surface area contributed by atoms with Gasteiger partial charge in [0.05, 0.1) is 11.8 Å². The van der Waals surface area contributed by atoms with Gasteiger partial charge in [0.25, 0.3) is 0 Å². The van der Waals surface area contributed by atoms with Crippen LogP contribution >= 0.6 is 0 Å². The molecule has 2 fully saturated rings. The number of carbonyl (C=O) groups is 3. The van der Waals surface area contributed by atoms with Crippen molar-refractivity contribution in [1.29, 1.82) is 0 Å². The number of fused-ring (bicyclic) bond motifs is 1. The summed E-state index contributed by atoms with van der Waals surface area (Å²) < 4.78 is 0. The Kier molecular flexibility index (Phi) is 2.00. The molecule has 7 heteroatoms. The highest BCUT2D eigenvalue weighted by molar-refractivity contribution is 5.88. The summed E-state index contributed by atoms with van der Waals surface area (Å²) in [7, 11) is 0. The van der Waals surface area contributed by atoms with Gasteiger partial charge < -0.3 is 21.1 Å². The predicted octanol–water partition coefficient (Wildman–Crippen LogP) is -1.18. The van der Waals surface area contributed by atoms with E-state index in [1.807, 2.05) is 0 Å². The zero-order chi connectivity index (χ0) is 12.2. The van der Waals surface area contributed by atoms with E-state index in [1.54, 1.807) is 0 Å². The Morgan fingerprint density at radius 2 is 1.69 bits per heavy atom. The van der Waals surface area contributed by atoms with Gasteiger partial charge in [-0.15, -0.1) is 0 Å². The number of hydrogen-bond acceptors (Lipinski definition) is 4. The van der Waals surface area contributed by atoms with Crippen LogP contribution in [0, 0.1) is 23.7 Å². The van der Waals surface area contributed by atoms with E-state index >= 15 is 0 Å². The maximum Gasteiger partial charge on any atom is 0.324 e. The van der Waals surface area contributed by atoms with Crippen LogP contribution in [0.15, 0.2) is 0 Å². The predicted molar refractivity (Wildman–Crippen MR) is 48.4 cm³/mol. The van der Waals surface area contributed by atoms with E-state index in [-0.39, 0.29) is 6.42 Å². The van der Waals surface area contributed by atoms with Crippen molar-refractivity contribution in [1.82, 2.24) is 0 Å². The molecule has 5 atom stereocenters. The summed E-state index contributed by atoms with van der Waals surface area (Å²) in [6.07, 6.45) is -0.198. The zero-order valence-corrected chi connectivity index (χ0v) is 8.16. The van der Waals surface area contributed by atoms with Crippen LogP contribution in [0.2, 0.25) is 0 Å². The Hall–Kier alpha value is -1.63. The van der Waals surface area contributed by atoms with Gasteiger partial charge >= 0.3 is 17.9 Å². The highest BCUT2D eigenvalue weighted by atomic mass is 16.4. The summed E-state index contributed by atoms with van der Waals surface area (Å²) >= 11 is 0. The summed E-state index contributed by atoms with van der Waals surface area (Å²) in [5.74, 6) is -6.97. The molecule has 0 aromatic rings. The number of carboxylic acid groups (broad SMARTS) is 3. The maximum absolute atomic E-state index is 11.0. The van der Waals surface area contributed by atoms with Crippen LogP contribution in [0.5, 0.6) is 0 Å². The molecule has 0 aromatic carbocycles. The van der Waals surface area contributed by atoms with Gasteiger partial charge in [-0.3, -0.25) is 14.4 Å². The molecule has 0 heterocycles. The third-order valence-electron chi connectivity index (χ3n) is 3.69. The molecule has 88 valence electrons. The highest BCUT2D eigenvalue weighted by Crippen LogP contribution is 2.64. The number of rotatable bonds is 3. The number of carboxylic acids is 3. The molecule has 2 saturated carbocycles. The molecular weight excluding hydrogens is 218 g/mol. The minimum absolute atomic E-state index is 0.198. The Bertz CT molecular complexity index is 393. The SMILES string of the molecule is N[C@]1(C(=O)O)C[C@H](C(=O)O)[C@@H]2[C@@H](C(=O)O)[C@H]21. The van der Waals surface area contributed by atoms with E-state index in [0.29, 0.717) is 0 Å². The normalized spacial score (nSPS) is 44.8. The topological polar surface area (TPSA) is 138 Å². The summed E-state index contributed by atoms with van der Waals surface area (Å²) in [6.45, 7) is 0. The lowest BCUT2D eigenvalue weighted by atomic mass is 9.88. The molecule has 5 N–H and O–H groups in total. The fourth-order valence-corrected chi connectivity index (χ4v) is 2.93. The molecule has 0 unspecified atom stereocenters. The Morgan fingerprint density at radius 3 is 2.06 bits per heavy atom. The molecular formula is C9H11NO6. The average molecular weight is 229 g/mol. The minimum Gasteiger partial charge on any atom is -0.481 e. The van der Waals surface area contributed by atoms with Gasteiger partial charge in [0.15, 0.2) is 0 Å². The van der Waals surface area contributed by atoms with E-state index in [0.717, 1.165) is 0 Å². The number of aliphatic carboxylic acids is 3. The van der Waals surface area contributed by atoms with E-state index in [2.05, 4.69) is 0 Å². The minimum atomic E-state index is -1.71. The molecule has 0 spiro atoms. The first-order chi connectivity index (χ1) is 7.30. The molecule has 7 nitrogen and oxygen atoms in total. The summed E-state index contributed by atoms with van der Waals surface area (Å²) in [5.41, 5.74) is 3.91. The fourth-order valence-electron chi connectivity index (χ4n) is 2.93. The maximum atomic E-state index is 11.0. The fraction of sp³-hybridized carbons (Fsp3) is 0.667. The van der Waals surface area contributed by atoms with E-state index in [9.17, 15) is 14.4 Å². The van der Waals surface area contributed by atoms with Crippen molar-refractivity contribution in [2.24, 2.45) is 29.4 Å². The van der Waals surface area contributed by atoms with Gasteiger partial charge in [0, 0.05) is 5.92 Å². The summed E-state index contributed by atoms with van der Waals surface area (Å²) in [4.78, 5) is 32.7. The van der Waals surface area contributed by atoms with Crippen LogP contribution in [0.3, 0.4) is 0 Å². The number of hydrogen-bond donors (Lipinski definition) is 4. The Labute approximate surface area is 89.9 Å². The zero-order valence-electron chi connectivity index (χ0n) is 8.16. The lowest BCUT2D eigenvalue weighted by Gasteiger charge is -2.22. The van der Waals surface area contributed by atoms with Gasteiger partial charge in [-0.1, -0.05) is 0 Å². The smallest absolute Gasteiger partial charge is 0.324 e. The van der Waals surface area contributed by atoms with Crippen LogP contribution < -0.4 is 5.73 Å². The lowest BCUT2D eigenvalue weighted by Crippen LogP contribution is -2.50. The van der Waals surface area contributed by atoms with Crippen molar-refractivity contribution in [2.75, 3.05) is 0 Å². The van der Waals surface area contributed by atoms with E-state index in [4.69, 9.17) is 21.1 Å². The molecule has 0 aliphatic heterocycles. The van der Waals surface area contributed by atoms with Crippen molar-refractivity contribution in [3.05, 3.63) is 0 Å². The monoisotopic (exact) mass is 229 g/mol. The quantitative estimate of drug-likeness (QED) is 0.477. The third-order valence-corrected chi connectivity index (χ3v) is 3.69. The van der Waals surface area contributed by atoms with Crippen LogP contribution in [0.4, 0.5) is 0 Å².